The summed E-state index contributed by atoms with van der Waals surface area (Å²) in [5.41, 5.74) is 2.04. The summed E-state index contributed by atoms with van der Waals surface area (Å²) in [6, 6.07) is 9.82. The third-order valence-corrected chi connectivity index (χ3v) is 3.04. The van der Waals surface area contributed by atoms with Crippen LogP contribution in [0.5, 0.6) is 5.75 Å². The van der Waals surface area contributed by atoms with Crippen LogP contribution in [0.25, 0.3) is 11.4 Å². The molecule has 1 N–H and O–H groups in total. The highest BCUT2D eigenvalue weighted by molar-refractivity contribution is 5.59. The predicted molar refractivity (Wildman–Crippen MR) is 82.3 cm³/mol. The zero-order valence-corrected chi connectivity index (χ0v) is 12.5. The van der Waals surface area contributed by atoms with Crippen molar-refractivity contribution in [2.45, 2.75) is 26.7 Å². The number of nitrogens with zero attached hydrogens (tertiary/aromatic N) is 2. The zero-order chi connectivity index (χ0) is 14.5. The quantitative estimate of drug-likeness (QED) is 0.900. The highest BCUT2D eigenvalue weighted by Gasteiger charge is 2.09. The van der Waals surface area contributed by atoms with Crippen molar-refractivity contribution in [1.29, 1.82) is 0 Å². The van der Waals surface area contributed by atoms with Crippen LogP contribution < -0.4 is 10.1 Å². The molecule has 1 aromatic carbocycles. The maximum atomic E-state index is 5.18. The molecule has 0 aliphatic heterocycles. The second kappa shape index (κ2) is 6.37. The first-order valence-electron chi connectivity index (χ1n) is 6.91. The van der Waals surface area contributed by atoms with Crippen LogP contribution in [-0.2, 0) is 0 Å². The van der Waals surface area contributed by atoms with Crippen LogP contribution in [0.3, 0.4) is 0 Å². The minimum atomic E-state index is 0.368. The number of methoxy groups -OCH3 is 1. The number of hydrogen-bond donors (Lipinski definition) is 1. The average molecular weight is 271 g/mol. The van der Waals surface area contributed by atoms with Crippen LogP contribution in [0.4, 0.5) is 5.82 Å². The number of anilines is 1. The van der Waals surface area contributed by atoms with Gasteiger partial charge in [0.1, 0.15) is 11.6 Å². The molecule has 1 heterocycles. The smallest absolute Gasteiger partial charge is 0.161 e. The number of benzene rings is 1. The molecule has 0 saturated heterocycles. The molecule has 20 heavy (non-hydrogen) atoms. The van der Waals surface area contributed by atoms with Gasteiger partial charge in [0.2, 0.25) is 0 Å². The Hall–Kier alpha value is -2.10. The van der Waals surface area contributed by atoms with Crippen LogP contribution in [0.1, 0.15) is 32.4 Å². The second-order valence-electron chi connectivity index (χ2n) is 4.92. The molecule has 0 spiro atoms. The molecular weight excluding hydrogens is 250 g/mol. The van der Waals surface area contributed by atoms with Crippen LogP contribution in [0, 0.1) is 0 Å². The first-order chi connectivity index (χ1) is 9.63. The van der Waals surface area contributed by atoms with E-state index in [9.17, 15) is 0 Å². The van der Waals surface area contributed by atoms with E-state index in [-0.39, 0.29) is 0 Å². The third kappa shape index (κ3) is 3.26. The fourth-order valence-electron chi connectivity index (χ4n) is 1.90. The van der Waals surface area contributed by atoms with E-state index in [1.54, 1.807) is 7.11 Å². The Kier molecular flexibility index (Phi) is 4.56. The van der Waals surface area contributed by atoms with Crippen LogP contribution in [0.2, 0.25) is 0 Å². The normalized spacial score (nSPS) is 10.7. The molecule has 0 bridgehead atoms. The Labute approximate surface area is 120 Å². The molecule has 0 atom stereocenters. The Morgan fingerprint density at radius 1 is 1.15 bits per heavy atom. The first kappa shape index (κ1) is 14.3. The highest BCUT2D eigenvalue weighted by atomic mass is 16.5. The summed E-state index contributed by atoms with van der Waals surface area (Å²) in [5.74, 6) is 2.82. The van der Waals surface area contributed by atoms with E-state index in [4.69, 9.17) is 4.74 Å². The monoisotopic (exact) mass is 271 g/mol. The van der Waals surface area contributed by atoms with Crippen molar-refractivity contribution in [3.05, 3.63) is 36.0 Å². The number of rotatable bonds is 5. The molecule has 1 aromatic heterocycles. The molecule has 0 amide bonds. The Morgan fingerprint density at radius 3 is 2.40 bits per heavy atom. The Bertz CT molecular complexity index is 564. The lowest BCUT2D eigenvalue weighted by Gasteiger charge is -2.11. The molecule has 0 aliphatic rings. The van der Waals surface area contributed by atoms with E-state index in [0.29, 0.717) is 5.92 Å². The van der Waals surface area contributed by atoms with E-state index in [1.807, 2.05) is 30.3 Å². The lowest BCUT2D eigenvalue weighted by molar-refractivity contribution is 0.415. The van der Waals surface area contributed by atoms with Gasteiger partial charge in [-0.1, -0.05) is 13.8 Å². The van der Waals surface area contributed by atoms with Gasteiger partial charge >= 0.3 is 0 Å². The highest BCUT2D eigenvalue weighted by Crippen LogP contribution is 2.23. The SMILES string of the molecule is CCNc1cc(C(C)C)nc(-c2ccc(OC)cc2)n1. The standard InChI is InChI=1S/C16H21N3O/c1-5-17-15-10-14(11(2)3)18-16(19-15)12-6-8-13(20-4)9-7-12/h6-11H,5H2,1-4H3,(H,17,18,19). The minimum Gasteiger partial charge on any atom is -0.497 e. The minimum absolute atomic E-state index is 0.368. The van der Waals surface area contributed by atoms with Crippen molar-refractivity contribution < 1.29 is 4.74 Å². The number of aromatic nitrogens is 2. The van der Waals surface area contributed by atoms with Crippen molar-refractivity contribution in [3.8, 4) is 17.1 Å². The third-order valence-electron chi connectivity index (χ3n) is 3.04. The lowest BCUT2D eigenvalue weighted by Crippen LogP contribution is -2.05. The maximum absolute atomic E-state index is 5.18. The van der Waals surface area contributed by atoms with Gasteiger partial charge in [-0.25, -0.2) is 9.97 Å². The molecule has 2 aromatic rings. The van der Waals surface area contributed by atoms with E-state index in [2.05, 4.69) is 36.1 Å². The fraction of sp³-hybridized carbons (Fsp3) is 0.375. The predicted octanol–water partition coefficient (Wildman–Crippen LogP) is 3.71. The Morgan fingerprint density at radius 2 is 1.85 bits per heavy atom. The second-order valence-corrected chi connectivity index (χ2v) is 4.92. The van der Waals surface area contributed by atoms with Gasteiger partial charge in [0.25, 0.3) is 0 Å². The molecule has 0 aliphatic carbocycles. The fourth-order valence-corrected chi connectivity index (χ4v) is 1.90. The van der Waals surface area contributed by atoms with Crippen LogP contribution in [0.15, 0.2) is 30.3 Å². The zero-order valence-electron chi connectivity index (χ0n) is 12.5. The molecule has 2 rings (SSSR count). The molecule has 4 heteroatoms. The van der Waals surface area contributed by atoms with Crippen molar-refractivity contribution >= 4 is 5.82 Å². The van der Waals surface area contributed by atoms with Crippen molar-refractivity contribution in [1.82, 2.24) is 9.97 Å². The van der Waals surface area contributed by atoms with E-state index in [0.717, 1.165) is 35.2 Å². The van der Waals surface area contributed by atoms with Gasteiger partial charge in [-0.05, 0) is 37.1 Å². The molecule has 0 saturated carbocycles. The molecular formula is C16H21N3O. The summed E-state index contributed by atoms with van der Waals surface area (Å²) in [6.07, 6.45) is 0. The molecule has 0 fully saturated rings. The topological polar surface area (TPSA) is 47.0 Å². The van der Waals surface area contributed by atoms with Gasteiger partial charge in [0.15, 0.2) is 5.82 Å². The molecule has 106 valence electrons. The van der Waals surface area contributed by atoms with Crippen LogP contribution in [-0.4, -0.2) is 23.6 Å². The first-order valence-corrected chi connectivity index (χ1v) is 6.91. The summed E-state index contributed by atoms with van der Waals surface area (Å²) >= 11 is 0. The van der Waals surface area contributed by atoms with Gasteiger partial charge in [-0.15, -0.1) is 0 Å². The van der Waals surface area contributed by atoms with Gasteiger partial charge in [0.05, 0.1) is 7.11 Å². The van der Waals surface area contributed by atoms with Gasteiger partial charge in [0, 0.05) is 23.9 Å². The van der Waals surface area contributed by atoms with E-state index >= 15 is 0 Å². The summed E-state index contributed by atoms with van der Waals surface area (Å²) < 4.78 is 5.18. The number of ether oxygens (including phenoxy) is 1. The summed E-state index contributed by atoms with van der Waals surface area (Å²) in [4.78, 5) is 9.22. The summed E-state index contributed by atoms with van der Waals surface area (Å²) in [5, 5.41) is 3.26. The van der Waals surface area contributed by atoms with Gasteiger partial charge in [-0.2, -0.15) is 0 Å². The van der Waals surface area contributed by atoms with Crippen molar-refractivity contribution in [3.63, 3.8) is 0 Å². The molecule has 4 nitrogen and oxygen atoms in total. The van der Waals surface area contributed by atoms with Gasteiger partial charge < -0.3 is 10.1 Å². The van der Waals surface area contributed by atoms with Crippen LogP contribution >= 0.6 is 0 Å². The number of hydrogen-bond acceptors (Lipinski definition) is 4. The van der Waals surface area contributed by atoms with Gasteiger partial charge in [-0.3, -0.25) is 0 Å². The van der Waals surface area contributed by atoms with Crippen molar-refractivity contribution in [2.24, 2.45) is 0 Å². The summed E-state index contributed by atoms with van der Waals surface area (Å²) in [7, 11) is 1.66. The Balaban J connectivity index is 2.42. The lowest BCUT2D eigenvalue weighted by atomic mass is 10.1. The average Bonchev–Trinajstić information content (AvgIpc) is 2.47. The van der Waals surface area contributed by atoms with E-state index < -0.39 is 0 Å². The maximum Gasteiger partial charge on any atom is 0.161 e. The number of nitrogens with one attached hydrogen (secondary N) is 1. The van der Waals surface area contributed by atoms with E-state index in [1.165, 1.54) is 0 Å². The largest absolute Gasteiger partial charge is 0.497 e. The molecule has 0 unspecified atom stereocenters. The van der Waals surface area contributed by atoms with Crippen molar-refractivity contribution in [2.75, 3.05) is 19.0 Å². The summed E-state index contributed by atoms with van der Waals surface area (Å²) in [6.45, 7) is 7.17. The molecule has 0 radical (unpaired) electrons.